The highest BCUT2D eigenvalue weighted by Crippen LogP contribution is 2.16. The SMILES string of the molecule is CC/C=C\C/C=C\C/C=C\C/C=C\C/C=C\CCCCCC(=O)OC(COC(=O)CCCCCCC/C=C\C/C=C\CCCC)COC(=O)CCCCCCCCCCCCCCCCCCCCCC. The largest absolute Gasteiger partial charge is 0.462 e. The number of hydrogen-bond donors (Lipinski definition) is 0. The van der Waals surface area contributed by atoms with E-state index in [1.165, 1.54) is 128 Å². The minimum Gasteiger partial charge on any atom is -0.462 e. The van der Waals surface area contributed by atoms with E-state index in [4.69, 9.17) is 14.2 Å². The van der Waals surface area contributed by atoms with E-state index in [1.807, 2.05) is 0 Å². The minimum atomic E-state index is -0.800. The molecule has 1 atom stereocenters. The van der Waals surface area contributed by atoms with Crippen LogP contribution in [0.2, 0.25) is 0 Å². The van der Waals surface area contributed by atoms with Crippen LogP contribution < -0.4 is 0 Å². The van der Waals surface area contributed by atoms with Crippen molar-refractivity contribution in [2.75, 3.05) is 13.2 Å². The third kappa shape index (κ3) is 57.4. The fourth-order valence-electron chi connectivity index (χ4n) is 8.37. The Balaban J connectivity index is 4.42. The van der Waals surface area contributed by atoms with E-state index in [0.29, 0.717) is 12.8 Å². The van der Waals surface area contributed by atoms with E-state index in [9.17, 15) is 14.4 Å². The summed E-state index contributed by atoms with van der Waals surface area (Å²) in [5.74, 6) is -0.930. The van der Waals surface area contributed by atoms with E-state index in [2.05, 4.69) is 106 Å². The number of rotatable bonds is 54. The molecule has 0 fully saturated rings. The van der Waals surface area contributed by atoms with Gasteiger partial charge in [0, 0.05) is 19.3 Å². The molecule has 0 aromatic rings. The van der Waals surface area contributed by atoms with Crippen LogP contribution in [0.1, 0.15) is 290 Å². The van der Waals surface area contributed by atoms with Gasteiger partial charge in [0.2, 0.25) is 0 Å². The first kappa shape index (κ1) is 67.6. The Kier molecular flexibility index (Phi) is 56.3. The highest BCUT2D eigenvalue weighted by Gasteiger charge is 2.19. The summed E-state index contributed by atoms with van der Waals surface area (Å²) in [5, 5.41) is 0. The van der Waals surface area contributed by atoms with Crippen molar-refractivity contribution in [2.45, 2.75) is 297 Å². The van der Waals surface area contributed by atoms with Crippen LogP contribution in [0.3, 0.4) is 0 Å². The number of unbranched alkanes of at least 4 members (excludes halogenated alkanes) is 29. The van der Waals surface area contributed by atoms with Crippen LogP contribution in [0.4, 0.5) is 0 Å². The molecule has 0 radical (unpaired) electrons. The monoisotopic (exact) mass is 989 g/mol. The van der Waals surface area contributed by atoms with Crippen LogP contribution in [0.25, 0.3) is 0 Å². The summed E-state index contributed by atoms with van der Waals surface area (Å²) < 4.78 is 16.9. The third-order valence-corrected chi connectivity index (χ3v) is 12.9. The number of hydrogen-bond acceptors (Lipinski definition) is 6. The molecule has 0 aromatic heterocycles. The Morgan fingerprint density at radius 2 is 0.563 bits per heavy atom. The summed E-state index contributed by atoms with van der Waals surface area (Å²) in [6, 6.07) is 0. The molecule has 0 N–H and O–H groups in total. The average molecular weight is 990 g/mol. The van der Waals surface area contributed by atoms with Gasteiger partial charge in [0.25, 0.3) is 0 Å². The summed E-state index contributed by atoms with van der Waals surface area (Å²) in [5.41, 5.74) is 0. The average Bonchev–Trinajstić information content (AvgIpc) is 3.37. The van der Waals surface area contributed by atoms with Crippen molar-refractivity contribution >= 4 is 17.9 Å². The lowest BCUT2D eigenvalue weighted by Gasteiger charge is -2.18. The van der Waals surface area contributed by atoms with E-state index >= 15 is 0 Å². The number of esters is 3. The fourth-order valence-corrected chi connectivity index (χ4v) is 8.37. The molecule has 0 aliphatic heterocycles. The van der Waals surface area contributed by atoms with Crippen molar-refractivity contribution in [1.82, 2.24) is 0 Å². The topological polar surface area (TPSA) is 78.9 Å². The molecule has 0 amide bonds. The van der Waals surface area contributed by atoms with Crippen molar-refractivity contribution in [2.24, 2.45) is 0 Å². The summed E-state index contributed by atoms with van der Waals surface area (Å²) >= 11 is 0. The van der Waals surface area contributed by atoms with Gasteiger partial charge >= 0.3 is 17.9 Å². The quantitative estimate of drug-likeness (QED) is 0.0261. The van der Waals surface area contributed by atoms with E-state index in [0.717, 1.165) is 122 Å². The molecule has 0 aliphatic carbocycles. The Bertz CT molecular complexity index is 1370. The zero-order valence-electron chi connectivity index (χ0n) is 46.7. The molecule has 0 rings (SSSR count). The van der Waals surface area contributed by atoms with Gasteiger partial charge in [0.1, 0.15) is 13.2 Å². The summed E-state index contributed by atoms with van der Waals surface area (Å²) in [6.45, 7) is 6.47. The summed E-state index contributed by atoms with van der Waals surface area (Å²) in [7, 11) is 0. The fraction of sp³-hybridized carbons (Fsp3) is 0.738. The van der Waals surface area contributed by atoms with Gasteiger partial charge in [-0.2, -0.15) is 0 Å². The molecular formula is C65H112O6. The van der Waals surface area contributed by atoms with Gasteiger partial charge in [-0.1, -0.05) is 266 Å². The second-order valence-electron chi connectivity index (χ2n) is 19.9. The molecule has 1 unspecified atom stereocenters. The highest BCUT2D eigenvalue weighted by molar-refractivity contribution is 5.71. The molecular weight excluding hydrogens is 877 g/mol. The molecule has 0 spiro atoms. The van der Waals surface area contributed by atoms with E-state index < -0.39 is 6.10 Å². The molecule has 6 heteroatoms. The van der Waals surface area contributed by atoms with E-state index in [-0.39, 0.29) is 37.5 Å². The lowest BCUT2D eigenvalue weighted by Crippen LogP contribution is -2.30. The molecule has 71 heavy (non-hydrogen) atoms. The smallest absolute Gasteiger partial charge is 0.306 e. The van der Waals surface area contributed by atoms with Gasteiger partial charge in [0.05, 0.1) is 0 Å². The third-order valence-electron chi connectivity index (χ3n) is 12.9. The zero-order valence-corrected chi connectivity index (χ0v) is 46.7. The van der Waals surface area contributed by atoms with Crippen LogP contribution in [0.15, 0.2) is 85.1 Å². The lowest BCUT2D eigenvalue weighted by molar-refractivity contribution is -0.167. The predicted molar refractivity (Wildman–Crippen MR) is 307 cm³/mol. The van der Waals surface area contributed by atoms with Crippen molar-refractivity contribution in [3.8, 4) is 0 Å². The molecule has 6 nitrogen and oxygen atoms in total. The van der Waals surface area contributed by atoms with Gasteiger partial charge in [-0.15, -0.1) is 0 Å². The first-order valence-corrected chi connectivity index (χ1v) is 30.1. The van der Waals surface area contributed by atoms with Crippen LogP contribution in [0.5, 0.6) is 0 Å². The maximum Gasteiger partial charge on any atom is 0.306 e. The van der Waals surface area contributed by atoms with Crippen LogP contribution in [-0.2, 0) is 28.6 Å². The molecule has 0 aromatic carbocycles. The maximum atomic E-state index is 12.9. The molecule has 0 saturated carbocycles. The van der Waals surface area contributed by atoms with Gasteiger partial charge in [-0.25, -0.2) is 0 Å². The summed E-state index contributed by atoms with van der Waals surface area (Å²) in [4.78, 5) is 38.2. The molecule has 0 heterocycles. The van der Waals surface area contributed by atoms with Crippen LogP contribution in [-0.4, -0.2) is 37.2 Å². The van der Waals surface area contributed by atoms with E-state index in [1.54, 1.807) is 0 Å². The molecule has 0 aliphatic rings. The number of ether oxygens (including phenoxy) is 3. The number of carbonyl (C=O) groups excluding carboxylic acids is 3. The zero-order chi connectivity index (χ0) is 51.4. The Morgan fingerprint density at radius 1 is 0.296 bits per heavy atom. The highest BCUT2D eigenvalue weighted by atomic mass is 16.6. The molecule has 0 bridgehead atoms. The van der Waals surface area contributed by atoms with Crippen LogP contribution >= 0.6 is 0 Å². The molecule has 0 saturated heterocycles. The minimum absolute atomic E-state index is 0.0926. The van der Waals surface area contributed by atoms with Crippen molar-refractivity contribution in [3.05, 3.63) is 85.1 Å². The van der Waals surface area contributed by atoms with Gasteiger partial charge in [-0.3, -0.25) is 14.4 Å². The standard InChI is InChI=1S/C65H112O6/c1-4-7-10-13-16-19-22-25-28-30-32-34-35-37-40-43-46-49-52-55-58-64(67)70-61-62(60-69-63(66)57-54-51-48-45-42-39-27-24-21-18-15-12-9-6-3)71-65(68)59-56-53-50-47-44-41-38-36-33-31-29-26-23-20-17-14-11-8-5-2/h8,11,15,17-18,20,24,26-27,29,33,36,41,44,62H,4-7,9-10,12-14,16,19,21-23,25,28,30-32,34-35,37-40,42-43,45-61H2,1-3H3/b11-8-,18-15-,20-17-,27-24-,29-26-,36-33-,44-41-. The van der Waals surface area contributed by atoms with Gasteiger partial charge < -0.3 is 14.2 Å². The Labute approximate surface area is 439 Å². The first-order valence-electron chi connectivity index (χ1n) is 30.1. The summed E-state index contributed by atoms with van der Waals surface area (Å²) in [6.07, 6.45) is 77.2. The van der Waals surface area contributed by atoms with Crippen LogP contribution in [0, 0.1) is 0 Å². The first-order chi connectivity index (χ1) is 35.0. The number of allylic oxidation sites excluding steroid dienone is 14. The predicted octanol–water partition coefficient (Wildman–Crippen LogP) is 20.3. The Hall–Kier alpha value is -3.41. The van der Waals surface area contributed by atoms with Crippen molar-refractivity contribution in [1.29, 1.82) is 0 Å². The number of carbonyl (C=O) groups is 3. The van der Waals surface area contributed by atoms with Gasteiger partial charge in [0.15, 0.2) is 6.10 Å². The van der Waals surface area contributed by atoms with Gasteiger partial charge in [-0.05, 0) is 89.9 Å². The maximum absolute atomic E-state index is 12.9. The molecule has 408 valence electrons. The Morgan fingerprint density at radius 3 is 0.915 bits per heavy atom. The second-order valence-corrected chi connectivity index (χ2v) is 19.9. The normalized spacial score (nSPS) is 12.7. The van der Waals surface area contributed by atoms with Crippen molar-refractivity contribution < 1.29 is 28.6 Å². The second kappa shape index (κ2) is 59.2. The lowest BCUT2D eigenvalue weighted by atomic mass is 10.0. The van der Waals surface area contributed by atoms with Crippen molar-refractivity contribution in [3.63, 3.8) is 0 Å².